The number of aromatic amines is 1. The highest BCUT2D eigenvalue weighted by Gasteiger charge is 2.12. The summed E-state index contributed by atoms with van der Waals surface area (Å²) in [6.45, 7) is 0. The van der Waals surface area contributed by atoms with Crippen molar-refractivity contribution in [3.8, 4) is 11.3 Å². The normalized spacial score (nSPS) is 10.2. The molecule has 16 heavy (non-hydrogen) atoms. The summed E-state index contributed by atoms with van der Waals surface area (Å²) >= 11 is 0. The van der Waals surface area contributed by atoms with Gasteiger partial charge in [0.15, 0.2) is 0 Å². The van der Waals surface area contributed by atoms with Crippen LogP contribution in [0.5, 0.6) is 0 Å². The van der Waals surface area contributed by atoms with Crippen LogP contribution in [-0.2, 0) is 0 Å². The Labute approximate surface area is 89.8 Å². The highest BCUT2D eigenvalue weighted by Crippen LogP contribution is 2.20. The second kappa shape index (κ2) is 3.58. The molecule has 2 rings (SSSR count). The Morgan fingerprint density at radius 3 is 2.62 bits per heavy atom. The van der Waals surface area contributed by atoms with Crippen LogP contribution in [0.25, 0.3) is 11.3 Å². The predicted octanol–water partition coefficient (Wildman–Crippen LogP) is 1.71. The Kier molecular flexibility index (Phi) is 2.24. The number of rotatable bonds is 2. The summed E-state index contributed by atoms with van der Waals surface area (Å²) in [7, 11) is 0. The second-order valence-electron chi connectivity index (χ2n) is 3.15. The summed E-state index contributed by atoms with van der Waals surface area (Å²) in [6, 6.07) is 4.57. The largest absolute Gasteiger partial charge is 0.477 e. The van der Waals surface area contributed by atoms with Gasteiger partial charge in [-0.2, -0.15) is 0 Å². The van der Waals surface area contributed by atoms with Gasteiger partial charge in [-0.1, -0.05) is 0 Å². The van der Waals surface area contributed by atoms with Gasteiger partial charge in [-0.3, -0.25) is 4.57 Å². The number of carboxylic acids is 1. The fourth-order valence-electron chi connectivity index (χ4n) is 1.45. The molecule has 0 amide bonds. The van der Waals surface area contributed by atoms with E-state index in [1.54, 1.807) is 12.1 Å². The van der Waals surface area contributed by atoms with Crippen LogP contribution in [0.1, 0.15) is 10.5 Å². The van der Waals surface area contributed by atoms with Gasteiger partial charge in [0.2, 0.25) is 0 Å². The van der Waals surface area contributed by atoms with Crippen molar-refractivity contribution in [3.63, 3.8) is 0 Å². The van der Waals surface area contributed by atoms with Gasteiger partial charge >= 0.3 is 12.1 Å². The summed E-state index contributed by atoms with van der Waals surface area (Å²) in [5.74, 6) is -1.08. The molecule has 0 spiro atoms. The number of H-pyrrole nitrogens is 1. The predicted molar refractivity (Wildman–Crippen MR) is 54.6 cm³/mol. The zero-order chi connectivity index (χ0) is 11.7. The van der Waals surface area contributed by atoms with Crippen molar-refractivity contribution in [1.82, 2.24) is 9.55 Å². The molecular formula is C10H8N2O4. The van der Waals surface area contributed by atoms with Crippen molar-refractivity contribution in [2.75, 3.05) is 0 Å². The third-order valence-corrected chi connectivity index (χ3v) is 2.16. The molecule has 0 unspecified atom stereocenters. The van der Waals surface area contributed by atoms with Crippen molar-refractivity contribution in [2.45, 2.75) is 0 Å². The van der Waals surface area contributed by atoms with E-state index in [4.69, 9.17) is 10.2 Å². The zero-order valence-corrected chi connectivity index (χ0v) is 8.04. The standard InChI is InChI=1S/C10H8N2O4/c13-9(14)7-4-6(5-11-7)8-2-1-3-12(8)10(15)16/h1-5,11H,(H,13,14)(H,15,16). The van der Waals surface area contributed by atoms with E-state index in [0.717, 1.165) is 4.57 Å². The van der Waals surface area contributed by atoms with Gasteiger partial charge in [0.25, 0.3) is 0 Å². The van der Waals surface area contributed by atoms with Crippen molar-refractivity contribution in [2.24, 2.45) is 0 Å². The third-order valence-electron chi connectivity index (χ3n) is 2.16. The van der Waals surface area contributed by atoms with E-state index in [2.05, 4.69) is 4.98 Å². The molecular weight excluding hydrogens is 212 g/mol. The molecule has 6 heteroatoms. The molecule has 0 aliphatic carbocycles. The minimum absolute atomic E-state index is 0.0214. The van der Waals surface area contributed by atoms with Crippen molar-refractivity contribution in [1.29, 1.82) is 0 Å². The molecule has 0 aliphatic rings. The Hall–Kier alpha value is -2.50. The minimum Gasteiger partial charge on any atom is -0.477 e. The van der Waals surface area contributed by atoms with Crippen LogP contribution in [0.2, 0.25) is 0 Å². The lowest BCUT2D eigenvalue weighted by Crippen LogP contribution is -2.07. The molecule has 0 aliphatic heterocycles. The monoisotopic (exact) mass is 220 g/mol. The van der Waals surface area contributed by atoms with Crippen LogP contribution < -0.4 is 0 Å². The summed E-state index contributed by atoms with van der Waals surface area (Å²) in [6.07, 6.45) is 1.74. The van der Waals surface area contributed by atoms with Crippen LogP contribution in [0.3, 0.4) is 0 Å². The molecule has 0 radical (unpaired) electrons. The molecule has 0 atom stereocenters. The molecule has 2 heterocycles. The van der Waals surface area contributed by atoms with Gasteiger partial charge < -0.3 is 15.2 Å². The number of hydrogen-bond acceptors (Lipinski definition) is 2. The van der Waals surface area contributed by atoms with Crippen molar-refractivity contribution < 1.29 is 19.8 Å². The molecule has 0 bridgehead atoms. The van der Waals surface area contributed by atoms with Crippen LogP contribution in [-0.4, -0.2) is 31.8 Å². The van der Waals surface area contributed by atoms with Crippen LogP contribution >= 0.6 is 0 Å². The number of aromatic nitrogens is 2. The van der Waals surface area contributed by atoms with Gasteiger partial charge in [-0.15, -0.1) is 0 Å². The smallest absolute Gasteiger partial charge is 0.415 e. The quantitative estimate of drug-likeness (QED) is 0.717. The first kappa shape index (κ1) is 10.0. The molecule has 0 fully saturated rings. The van der Waals surface area contributed by atoms with Crippen LogP contribution in [0.4, 0.5) is 4.79 Å². The van der Waals surface area contributed by atoms with Crippen LogP contribution in [0.15, 0.2) is 30.6 Å². The molecule has 82 valence electrons. The lowest BCUT2D eigenvalue weighted by atomic mass is 10.2. The van der Waals surface area contributed by atoms with Gasteiger partial charge in [0, 0.05) is 18.0 Å². The maximum atomic E-state index is 10.8. The Morgan fingerprint density at radius 2 is 2.06 bits per heavy atom. The molecule has 0 saturated heterocycles. The summed E-state index contributed by atoms with van der Waals surface area (Å²) in [5, 5.41) is 17.6. The first-order valence-electron chi connectivity index (χ1n) is 4.42. The molecule has 0 aromatic carbocycles. The van der Waals surface area contributed by atoms with Crippen molar-refractivity contribution in [3.05, 3.63) is 36.3 Å². The maximum Gasteiger partial charge on any atom is 0.415 e. The molecule has 3 N–H and O–H groups in total. The summed E-state index contributed by atoms with van der Waals surface area (Å²) in [4.78, 5) is 24.0. The van der Waals surface area contributed by atoms with E-state index in [1.165, 1.54) is 18.5 Å². The first-order valence-corrected chi connectivity index (χ1v) is 4.42. The third kappa shape index (κ3) is 1.56. The SMILES string of the molecule is O=C(O)c1cc(-c2cccn2C(=O)O)c[nH]1. The van der Waals surface area contributed by atoms with Gasteiger partial charge in [-0.25, -0.2) is 9.59 Å². The number of aromatic carboxylic acids is 1. The lowest BCUT2D eigenvalue weighted by molar-refractivity contribution is 0.0691. The second-order valence-corrected chi connectivity index (χ2v) is 3.15. The van der Waals surface area contributed by atoms with Gasteiger partial charge in [-0.05, 0) is 18.2 Å². The number of hydrogen-bond donors (Lipinski definition) is 3. The summed E-state index contributed by atoms with van der Waals surface area (Å²) in [5.41, 5.74) is 0.967. The van der Waals surface area contributed by atoms with Gasteiger partial charge in [0.05, 0.1) is 5.69 Å². The highest BCUT2D eigenvalue weighted by molar-refractivity contribution is 5.88. The van der Waals surface area contributed by atoms with E-state index >= 15 is 0 Å². The zero-order valence-electron chi connectivity index (χ0n) is 8.04. The Balaban J connectivity index is 2.46. The van der Waals surface area contributed by atoms with E-state index in [9.17, 15) is 9.59 Å². The molecule has 0 saturated carbocycles. The number of carboxylic acid groups (broad SMARTS) is 2. The maximum absolute atomic E-state index is 10.8. The van der Waals surface area contributed by atoms with E-state index in [-0.39, 0.29) is 5.69 Å². The lowest BCUT2D eigenvalue weighted by Gasteiger charge is -2.00. The van der Waals surface area contributed by atoms with E-state index in [1.807, 2.05) is 0 Å². The number of carbonyl (C=O) groups is 2. The first-order chi connectivity index (χ1) is 7.59. The Bertz CT molecular complexity index is 553. The average Bonchev–Trinajstić information content (AvgIpc) is 2.86. The fourth-order valence-corrected chi connectivity index (χ4v) is 1.45. The topological polar surface area (TPSA) is 95.3 Å². The number of nitrogens with zero attached hydrogens (tertiary/aromatic N) is 1. The van der Waals surface area contributed by atoms with Gasteiger partial charge in [0.1, 0.15) is 5.69 Å². The highest BCUT2D eigenvalue weighted by atomic mass is 16.4. The molecule has 2 aromatic rings. The molecule has 2 aromatic heterocycles. The summed E-state index contributed by atoms with van der Waals surface area (Å²) < 4.78 is 1.02. The average molecular weight is 220 g/mol. The fraction of sp³-hybridized carbons (Fsp3) is 0. The van der Waals surface area contributed by atoms with Crippen molar-refractivity contribution >= 4 is 12.1 Å². The minimum atomic E-state index is -1.11. The van der Waals surface area contributed by atoms with E-state index < -0.39 is 12.1 Å². The number of nitrogens with one attached hydrogen (secondary N) is 1. The molecule has 6 nitrogen and oxygen atoms in total. The van der Waals surface area contributed by atoms with Crippen LogP contribution in [0, 0.1) is 0 Å². The van der Waals surface area contributed by atoms with E-state index in [0.29, 0.717) is 11.3 Å². The Morgan fingerprint density at radius 1 is 1.31 bits per heavy atom.